The Morgan fingerprint density at radius 2 is 1.91 bits per heavy atom. The number of pyridine rings is 1. The molecule has 0 bridgehead atoms. The Balaban J connectivity index is 1.49. The molecular formula is C22H22FN7O3S2. The van der Waals surface area contributed by atoms with Crippen molar-refractivity contribution in [1.29, 1.82) is 0 Å². The minimum atomic E-state index is -3.76. The van der Waals surface area contributed by atoms with E-state index in [-0.39, 0.29) is 22.6 Å². The smallest absolute Gasteiger partial charge is 0.271 e. The van der Waals surface area contributed by atoms with Crippen molar-refractivity contribution in [3.05, 3.63) is 70.4 Å². The third kappa shape index (κ3) is 5.93. The van der Waals surface area contributed by atoms with Crippen molar-refractivity contribution < 1.29 is 17.6 Å². The maximum atomic E-state index is 13.5. The standard InChI is InChI=1S/C22H22FN7O3S2/c1-12(15-9-16(23)11-25-10-15)27-22-29-18(19-20(30-22)28-13(2)34-19)21(31)26-8-7-14-3-5-17(6-4-14)35(24,32)33/h3-6,9-12H,7-8H2,1-2H3,(H,26,31)(H2,24,32,33)(H,27,29,30). The van der Waals surface area contributed by atoms with E-state index in [2.05, 4.69) is 30.6 Å². The van der Waals surface area contributed by atoms with E-state index in [9.17, 15) is 17.6 Å². The molecule has 0 saturated heterocycles. The summed E-state index contributed by atoms with van der Waals surface area (Å²) < 4.78 is 36.9. The van der Waals surface area contributed by atoms with Crippen molar-refractivity contribution in [1.82, 2.24) is 25.3 Å². The van der Waals surface area contributed by atoms with Gasteiger partial charge >= 0.3 is 0 Å². The highest BCUT2D eigenvalue weighted by Crippen LogP contribution is 2.26. The fourth-order valence-corrected chi connectivity index (χ4v) is 4.70. The monoisotopic (exact) mass is 515 g/mol. The van der Waals surface area contributed by atoms with Gasteiger partial charge in [0.15, 0.2) is 11.3 Å². The molecule has 10 nitrogen and oxygen atoms in total. The summed E-state index contributed by atoms with van der Waals surface area (Å²) in [5.74, 6) is -0.671. The third-order valence-electron chi connectivity index (χ3n) is 5.10. The molecule has 1 aromatic carbocycles. The van der Waals surface area contributed by atoms with Crippen molar-refractivity contribution in [3.63, 3.8) is 0 Å². The second-order valence-corrected chi connectivity index (χ2v) is 10.5. The van der Waals surface area contributed by atoms with Crippen LogP contribution in [0.25, 0.3) is 10.3 Å². The minimum Gasteiger partial charge on any atom is -0.350 e. The zero-order valence-electron chi connectivity index (χ0n) is 18.8. The molecule has 4 rings (SSSR count). The number of sulfonamides is 1. The van der Waals surface area contributed by atoms with Gasteiger partial charge in [0.2, 0.25) is 16.0 Å². The number of nitrogens with one attached hydrogen (secondary N) is 2. The molecule has 0 fully saturated rings. The highest BCUT2D eigenvalue weighted by molar-refractivity contribution is 7.89. The number of rotatable bonds is 8. The van der Waals surface area contributed by atoms with Crippen LogP contribution in [-0.2, 0) is 16.4 Å². The molecule has 3 aromatic heterocycles. The van der Waals surface area contributed by atoms with Gasteiger partial charge in [0.25, 0.3) is 5.91 Å². The summed E-state index contributed by atoms with van der Waals surface area (Å²) in [6.45, 7) is 3.91. The SMILES string of the molecule is Cc1nc2nc(NC(C)c3cncc(F)c3)nc(C(=O)NCCc3ccc(S(N)(=O)=O)cc3)c2s1. The number of carbonyl (C=O) groups is 1. The zero-order chi connectivity index (χ0) is 25.2. The third-order valence-corrected chi connectivity index (χ3v) is 6.99. The van der Waals surface area contributed by atoms with Crippen LogP contribution in [0, 0.1) is 12.7 Å². The summed E-state index contributed by atoms with van der Waals surface area (Å²) in [4.78, 5) is 30.1. The summed E-state index contributed by atoms with van der Waals surface area (Å²) >= 11 is 1.31. The molecule has 3 heterocycles. The Labute approximate surface area is 204 Å². The van der Waals surface area contributed by atoms with Gasteiger partial charge in [-0.3, -0.25) is 9.78 Å². The fourth-order valence-electron chi connectivity index (χ4n) is 3.34. The first-order chi connectivity index (χ1) is 16.6. The molecule has 1 amide bonds. The molecule has 13 heteroatoms. The fraction of sp³-hybridized carbons (Fsp3) is 0.227. The highest BCUT2D eigenvalue weighted by atomic mass is 32.2. The van der Waals surface area contributed by atoms with Crippen LogP contribution in [-0.4, -0.2) is 40.8 Å². The number of aryl methyl sites for hydroxylation is 1. The number of nitrogens with two attached hydrogens (primary N) is 1. The molecule has 1 unspecified atom stereocenters. The second-order valence-electron chi connectivity index (χ2n) is 7.78. The molecule has 0 aliphatic rings. The van der Waals surface area contributed by atoms with Gasteiger partial charge in [0, 0.05) is 12.7 Å². The Kier molecular flexibility index (Phi) is 7.00. The number of halogens is 1. The van der Waals surface area contributed by atoms with Gasteiger partial charge in [-0.05, 0) is 49.6 Å². The maximum absolute atomic E-state index is 13.5. The van der Waals surface area contributed by atoms with Crippen molar-refractivity contribution in [2.75, 3.05) is 11.9 Å². The summed E-state index contributed by atoms with van der Waals surface area (Å²) in [6, 6.07) is 7.13. The van der Waals surface area contributed by atoms with Crippen molar-refractivity contribution >= 4 is 43.6 Å². The van der Waals surface area contributed by atoms with Gasteiger partial charge in [-0.15, -0.1) is 11.3 Å². The van der Waals surface area contributed by atoms with E-state index in [4.69, 9.17) is 5.14 Å². The van der Waals surface area contributed by atoms with Crippen LogP contribution in [0.1, 0.15) is 39.6 Å². The van der Waals surface area contributed by atoms with Gasteiger partial charge in [0.1, 0.15) is 10.5 Å². The number of anilines is 1. The first-order valence-corrected chi connectivity index (χ1v) is 12.9. The van der Waals surface area contributed by atoms with E-state index >= 15 is 0 Å². The predicted octanol–water partition coefficient (Wildman–Crippen LogP) is 2.72. The van der Waals surface area contributed by atoms with Crippen LogP contribution >= 0.6 is 11.3 Å². The van der Waals surface area contributed by atoms with E-state index in [0.29, 0.717) is 28.9 Å². The van der Waals surface area contributed by atoms with E-state index in [0.717, 1.165) is 16.8 Å². The van der Waals surface area contributed by atoms with Crippen molar-refractivity contribution in [2.24, 2.45) is 5.14 Å². The lowest BCUT2D eigenvalue weighted by Gasteiger charge is -2.14. The van der Waals surface area contributed by atoms with Crippen LogP contribution < -0.4 is 15.8 Å². The molecule has 0 aliphatic heterocycles. The molecule has 182 valence electrons. The topological polar surface area (TPSA) is 153 Å². The number of fused-ring (bicyclic) bond motifs is 1. The largest absolute Gasteiger partial charge is 0.350 e. The van der Waals surface area contributed by atoms with E-state index in [1.807, 2.05) is 6.92 Å². The Hall–Kier alpha value is -3.55. The van der Waals surface area contributed by atoms with Gasteiger partial charge in [-0.25, -0.2) is 27.9 Å². The summed E-state index contributed by atoms with van der Waals surface area (Å²) in [5, 5.41) is 11.8. The molecule has 4 aromatic rings. The Bertz CT molecular complexity index is 1490. The van der Waals surface area contributed by atoms with Crippen LogP contribution in [0.5, 0.6) is 0 Å². The summed E-state index contributed by atoms with van der Waals surface area (Å²) in [6.07, 6.45) is 3.13. The number of amides is 1. The van der Waals surface area contributed by atoms with Crippen molar-refractivity contribution in [3.8, 4) is 0 Å². The number of hydrogen-bond acceptors (Lipinski definition) is 9. The number of carbonyl (C=O) groups excluding carboxylic acids is 1. The molecule has 0 spiro atoms. The lowest BCUT2D eigenvalue weighted by molar-refractivity contribution is 0.0951. The normalized spacial score (nSPS) is 12.5. The molecular weight excluding hydrogens is 493 g/mol. The Morgan fingerprint density at radius 3 is 2.60 bits per heavy atom. The molecule has 0 radical (unpaired) electrons. The average Bonchev–Trinajstić information content (AvgIpc) is 3.18. The summed E-state index contributed by atoms with van der Waals surface area (Å²) in [7, 11) is -3.76. The minimum absolute atomic E-state index is 0.0255. The van der Waals surface area contributed by atoms with Gasteiger partial charge < -0.3 is 10.6 Å². The summed E-state index contributed by atoms with van der Waals surface area (Å²) in [5.41, 5.74) is 2.00. The first-order valence-electron chi connectivity index (χ1n) is 10.5. The lowest BCUT2D eigenvalue weighted by Crippen LogP contribution is -2.27. The van der Waals surface area contributed by atoms with Gasteiger partial charge in [-0.1, -0.05) is 12.1 Å². The molecule has 0 saturated carbocycles. The van der Waals surface area contributed by atoms with Crippen LogP contribution in [0.4, 0.5) is 10.3 Å². The lowest BCUT2D eigenvalue weighted by atomic mass is 10.1. The van der Waals surface area contributed by atoms with Crippen LogP contribution in [0.2, 0.25) is 0 Å². The van der Waals surface area contributed by atoms with Crippen LogP contribution in [0.15, 0.2) is 47.6 Å². The Morgan fingerprint density at radius 1 is 1.17 bits per heavy atom. The van der Waals surface area contributed by atoms with Gasteiger partial charge in [-0.2, -0.15) is 4.98 Å². The van der Waals surface area contributed by atoms with E-state index in [1.165, 1.54) is 35.7 Å². The van der Waals surface area contributed by atoms with E-state index in [1.54, 1.807) is 19.1 Å². The van der Waals surface area contributed by atoms with Crippen LogP contribution in [0.3, 0.4) is 0 Å². The average molecular weight is 516 g/mol. The zero-order valence-corrected chi connectivity index (χ0v) is 20.5. The predicted molar refractivity (Wildman–Crippen MR) is 130 cm³/mol. The first kappa shape index (κ1) is 24.6. The maximum Gasteiger partial charge on any atom is 0.271 e. The number of hydrogen-bond donors (Lipinski definition) is 3. The van der Waals surface area contributed by atoms with E-state index < -0.39 is 21.7 Å². The molecule has 35 heavy (non-hydrogen) atoms. The number of thiazole rings is 1. The number of primary sulfonamides is 1. The molecule has 4 N–H and O–H groups in total. The molecule has 1 atom stereocenters. The number of aromatic nitrogens is 4. The second kappa shape index (κ2) is 9.98. The van der Waals surface area contributed by atoms with Crippen molar-refractivity contribution in [2.45, 2.75) is 31.2 Å². The quantitative estimate of drug-likeness (QED) is 0.324. The number of benzene rings is 1. The van der Waals surface area contributed by atoms with Gasteiger partial charge in [0.05, 0.1) is 22.1 Å². The highest BCUT2D eigenvalue weighted by Gasteiger charge is 2.19. The number of nitrogens with zero attached hydrogens (tertiary/aromatic N) is 4. The molecule has 0 aliphatic carbocycles.